The van der Waals surface area contributed by atoms with Crippen LogP contribution in [0.4, 0.5) is 5.69 Å². The Labute approximate surface area is 176 Å². The molecule has 6 heteroatoms. The fourth-order valence-electron chi connectivity index (χ4n) is 3.24. The normalized spacial score (nSPS) is 11.2. The summed E-state index contributed by atoms with van der Waals surface area (Å²) in [5.74, 6) is 0. The second kappa shape index (κ2) is 8.66. The molecular weight excluding hydrogens is 404 g/mol. The third-order valence-corrected chi connectivity index (χ3v) is 6.19. The zero-order chi connectivity index (χ0) is 19.6. The predicted octanol–water partition coefficient (Wildman–Crippen LogP) is 4.99. The largest absolute Gasteiger partial charge is 0.398 e. The SMILES string of the molecule is Cl.Nc1cccc2c(S(=O)(=O)NCc3ccc(-c4ccccc4)cc3)cccc12. The third-order valence-electron chi connectivity index (χ3n) is 4.73. The fourth-order valence-corrected chi connectivity index (χ4v) is 4.48. The predicted molar refractivity (Wildman–Crippen MR) is 122 cm³/mol. The zero-order valence-electron chi connectivity index (χ0n) is 15.6. The lowest BCUT2D eigenvalue weighted by atomic mass is 10.0. The van der Waals surface area contributed by atoms with E-state index in [1.54, 1.807) is 30.3 Å². The number of nitrogens with one attached hydrogen (secondary N) is 1. The number of rotatable bonds is 5. The molecule has 0 aliphatic carbocycles. The average molecular weight is 425 g/mol. The summed E-state index contributed by atoms with van der Waals surface area (Å²) in [4.78, 5) is 0.234. The van der Waals surface area contributed by atoms with Crippen molar-refractivity contribution in [2.45, 2.75) is 11.4 Å². The van der Waals surface area contributed by atoms with Gasteiger partial charge in [-0.2, -0.15) is 0 Å². The molecule has 0 aliphatic rings. The van der Waals surface area contributed by atoms with Crippen LogP contribution < -0.4 is 10.5 Å². The number of nitrogens with two attached hydrogens (primary N) is 1. The number of anilines is 1. The van der Waals surface area contributed by atoms with E-state index in [1.165, 1.54) is 0 Å². The highest BCUT2D eigenvalue weighted by molar-refractivity contribution is 7.89. The molecule has 0 aromatic heterocycles. The van der Waals surface area contributed by atoms with Crippen LogP contribution in [0.15, 0.2) is 95.9 Å². The summed E-state index contributed by atoms with van der Waals surface area (Å²) in [7, 11) is -3.67. The standard InChI is InChI=1S/C23H20N2O2S.ClH/c24-22-10-4-9-21-20(22)8-5-11-23(21)28(26,27)25-16-17-12-14-19(15-13-17)18-6-2-1-3-7-18;/h1-15,25H,16,24H2;1H. The molecule has 148 valence electrons. The van der Waals surface area contributed by atoms with Gasteiger partial charge in [-0.3, -0.25) is 0 Å². The van der Waals surface area contributed by atoms with E-state index in [9.17, 15) is 8.42 Å². The smallest absolute Gasteiger partial charge is 0.241 e. The highest BCUT2D eigenvalue weighted by Gasteiger charge is 2.17. The Hall–Kier alpha value is -2.86. The monoisotopic (exact) mass is 424 g/mol. The van der Waals surface area contributed by atoms with Crippen molar-refractivity contribution in [1.82, 2.24) is 4.72 Å². The van der Waals surface area contributed by atoms with Gasteiger partial charge in [-0.25, -0.2) is 13.1 Å². The minimum absolute atomic E-state index is 0. The van der Waals surface area contributed by atoms with Crippen molar-refractivity contribution in [3.63, 3.8) is 0 Å². The lowest BCUT2D eigenvalue weighted by Gasteiger charge is -2.11. The Morgan fingerprint density at radius 3 is 2.03 bits per heavy atom. The molecule has 0 unspecified atom stereocenters. The molecular formula is C23H21ClN2O2S. The molecule has 0 aliphatic heterocycles. The Morgan fingerprint density at radius 2 is 1.31 bits per heavy atom. The molecule has 0 bridgehead atoms. The Morgan fingerprint density at radius 1 is 0.690 bits per heavy atom. The maximum Gasteiger partial charge on any atom is 0.241 e. The van der Waals surface area contributed by atoms with Crippen LogP contribution in [0.1, 0.15) is 5.56 Å². The Bertz CT molecular complexity index is 1220. The molecule has 0 fully saturated rings. The van der Waals surface area contributed by atoms with Gasteiger partial charge in [-0.1, -0.05) is 78.9 Å². The molecule has 0 amide bonds. The highest BCUT2D eigenvalue weighted by atomic mass is 35.5. The van der Waals surface area contributed by atoms with E-state index in [0.29, 0.717) is 11.1 Å². The Balaban J connectivity index is 0.00000240. The van der Waals surface area contributed by atoms with E-state index < -0.39 is 10.0 Å². The van der Waals surface area contributed by atoms with Crippen LogP contribution in [0.5, 0.6) is 0 Å². The van der Waals surface area contributed by atoms with Crippen molar-refractivity contribution in [3.05, 3.63) is 96.6 Å². The molecule has 4 nitrogen and oxygen atoms in total. The van der Waals surface area contributed by atoms with Crippen LogP contribution in [0.2, 0.25) is 0 Å². The third kappa shape index (κ3) is 4.43. The quantitative estimate of drug-likeness (QED) is 0.443. The van der Waals surface area contributed by atoms with Gasteiger partial charge in [0.25, 0.3) is 0 Å². The minimum Gasteiger partial charge on any atom is -0.398 e. The van der Waals surface area contributed by atoms with E-state index in [1.807, 2.05) is 60.7 Å². The lowest BCUT2D eigenvalue weighted by Crippen LogP contribution is -2.23. The average Bonchev–Trinajstić information content (AvgIpc) is 2.73. The molecule has 0 saturated heterocycles. The lowest BCUT2D eigenvalue weighted by molar-refractivity contribution is 0.582. The molecule has 4 rings (SSSR count). The number of hydrogen-bond donors (Lipinski definition) is 2. The molecule has 3 N–H and O–H groups in total. The van der Waals surface area contributed by atoms with Gasteiger partial charge in [0.15, 0.2) is 0 Å². The first kappa shape index (κ1) is 20.9. The summed E-state index contributed by atoms with van der Waals surface area (Å²) in [6.45, 7) is 0.218. The van der Waals surface area contributed by atoms with Gasteiger partial charge in [-0.05, 0) is 28.8 Å². The van der Waals surface area contributed by atoms with Crippen LogP contribution >= 0.6 is 12.4 Å². The number of hydrogen-bond acceptors (Lipinski definition) is 3. The van der Waals surface area contributed by atoms with E-state index in [-0.39, 0.29) is 23.8 Å². The van der Waals surface area contributed by atoms with Gasteiger partial charge in [0.2, 0.25) is 10.0 Å². The molecule has 0 spiro atoms. The topological polar surface area (TPSA) is 72.2 Å². The van der Waals surface area contributed by atoms with Crippen molar-refractivity contribution in [1.29, 1.82) is 0 Å². The number of nitrogen functional groups attached to an aromatic ring is 1. The van der Waals surface area contributed by atoms with Gasteiger partial charge in [0.1, 0.15) is 0 Å². The molecule has 0 radical (unpaired) electrons. The summed E-state index contributed by atoms with van der Waals surface area (Å²) in [5, 5.41) is 1.35. The molecule has 4 aromatic carbocycles. The van der Waals surface area contributed by atoms with Gasteiger partial charge < -0.3 is 5.73 Å². The van der Waals surface area contributed by atoms with E-state index in [2.05, 4.69) is 4.72 Å². The first-order valence-electron chi connectivity index (χ1n) is 8.96. The van der Waals surface area contributed by atoms with Crippen LogP contribution in [-0.2, 0) is 16.6 Å². The van der Waals surface area contributed by atoms with Crippen molar-refractivity contribution in [3.8, 4) is 11.1 Å². The second-order valence-corrected chi connectivity index (χ2v) is 8.32. The summed E-state index contributed by atoms with van der Waals surface area (Å²) in [6, 6.07) is 28.4. The second-order valence-electron chi connectivity index (χ2n) is 6.59. The van der Waals surface area contributed by atoms with Gasteiger partial charge >= 0.3 is 0 Å². The van der Waals surface area contributed by atoms with Crippen molar-refractivity contribution < 1.29 is 8.42 Å². The molecule has 29 heavy (non-hydrogen) atoms. The fraction of sp³-hybridized carbons (Fsp3) is 0.0435. The summed E-state index contributed by atoms with van der Waals surface area (Å²) >= 11 is 0. The zero-order valence-corrected chi connectivity index (χ0v) is 17.2. The van der Waals surface area contributed by atoms with Gasteiger partial charge in [0.05, 0.1) is 4.90 Å². The van der Waals surface area contributed by atoms with Gasteiger partial charge in [0, 0.05) is 23.0 Å². The highest BCUT2D eigenvalue weighted by Crippen LogP contribution is 2.27. The Kier molecular flexibility index (Phi) is 6.23. The maximum atomic E-state index is 12.9. The summed E-state index contributed by atoms with van der Waals surface area (Å²) in [5.41, 5.74) is 9.66. The van der Waals surface area contributed by atoms with Crippen molar-refractivity contribution >= 4 is 38.9 Å². The molecule has 0 heterocycles. The number of benzene rings is 4. The summed E-state index contributed by atoms with van der Waals surface area (Å²) in [6.07, 6.45) is 0. The van der Waals surface area contributed by atoms with E-state index >= 15 is 0 Å². The maximum absolute atomic E-state index is 12.9. The number of halogens is 1. The molecule has 0 saturated carbocycles. The van der Waals surface area contributed by atoms with Crippen molar-refractivity contribution in [2.24, 2.45) is 0 Å². The first-order chi connectivity index (χ1) is 13.5. The molecule has 0 atom stereocenters. The first-order valence-corrected chi connectivity index (χ1v) is 10.4. The van der Waals surface area contributed by atoms with Crippen LogP contribution in [0.3, 0.4) is 0 Å². The van der Waals surface area contributed by atoms with Crippen LogP contribution in [0.25, 0.3) is 21.9 Å². The van der Waals surface area contributed by atoms with Crippen LogP contribution in [-0.4, -0.2) is 8.42 Å². The van der Waals surface area contributed by atoms with E-state index in [4.69, 9.17) is 5.73 Å². The number of sulfonamides is 1. The number of fused-ring (bicyclic) bond motifs is 1. The van der Waals surface area contributed by atoms with E-state index in [0.717, 1.165) is 22.1 Å². The van der Waals surface area contributed by atoms with Gasteiger partial charge in [-0.15, -0.1) is 12.4 Å². The summed E-state index contributed by atoms with van der Waals surface area (Å²) < 4.78 is 28.4. The molecule has 4 aromatic rings. The van der Waals surface area contributed by atoms with Crippen molar-refractivity contribution in [2.75, 3.05) is 5.73 Å². The minimum atomic E-state index is -3.67. The van der Waals surface area contributed by atoms with Crippen LogP contribution in [0, 0.1) is 0 Å².